The van der Waals surface area contributed by atoms with E-state index in [2.05, 4.69) is 0 Å². The molecule has 0 aromatic heterocycles. The number of carbonyl (C=O) groups is 1. The highest BCUT2D eigenvalue weighted by atomic mass is 31.2. The number of hydrogen-bond donors (Lipinski definition) is 3. The fourth-order valence-electron chi connectivity index (χ4n) is 6.08. The molecule has 5 atom stereocenters. The number of benzene rings is 5. The predicted octanol–water partition coefficient (Wildman–Crippen LogP) is 6.85. The molecule has 49 heavy (non-hydrogen) atoms. The number of aliphatic hydroxyl groups excluding tert-OH is 2. The van der Waals surface area contributed by atoms with E-state index in [0.29, 0.717) is 11.5 Å². The summed E-state index contributed by atoms with van der Waals surface area (Å²) in [6.07, 6.45) is -2.26. The molecule has 0 aliphatic carbocycles. The molecule has 1 fully saturated rings. The van der Waals surface area contributed by atoms with E-state index >= 15 is 0 Å². The van der Waals surface area contributed by atoms with E-state index in [-0.39, 0.29) is 32.3 Å². The third-order valence-electron chi connectivity index (χ3n) is 8.51. The van der Waals surface area contributed by atoms with Crippen molar-refractivity contribution in [2.45, 2.75) is 43.8 Å². The lowest BCUT2D eigenvalue weighted by molar-refractivity contribution is -0.0418. The lowest BCUT2D eigenvalue weighted by Crippen LogP contribution is -2.50. The third kappa shape index (κ3) is 8.83. The largest absolute Gasteiger partial charge is 0.467 e. The third-order valence-corrected chi connectivity index (χ3v) is 9.20. The number of aliphatic hydroxyl groups is 2. The van der Waals surface area contributed by atoms with Gasteiger partial charge in [-0.15, -0.1) is 0 Å². The Kier molecular flexibility index (Phi) is 11.5. The number of carbonyl (C=O) groups excluding carboxylic acids is 1. The standard InChI is InChI=1S/C39H39N2O7P/c42-37-35(25-29-21-23-33(24-22-29)46-28-47-49(45)48-34-19-11-4-12-20-34)40(26-30-13-5-1-6-14-30)39(44)41(27-31-15-7-2-8-16-31)36(38(37)43)32-17-9-3-10-18-32/h1-24,35-38,42-43,45H,25-28H2/t35-,36?,37+,38+,49?/m1/s1. The van der Waals surface area contributed by atoms with Crippen molar-refractivity contribution >= 4 is 14.6 Å². The van der Waals surface area contributed by atoms with E-state index in [9.17, 15) is 19.9 Å². The number of nitrogens with zero attached hydrogens (tertiary/aromatic N) is 2. The van der Waals surface area contributed by atoms with Crippen LogP contribution in [0.5, 0.6) is 11.5 Å². The van der Waals surface area contributed by atoms with E-state index in [1.54, 1.807) is 46.2 Å². The molecule has 2 amide bonds. The smallest absolute Gasteiger partial charge is 0.397 e. The predicted molar refractivity (Wildman–Crippen MR) is 187 cm³/mol. The topological polar surface area (TPSA) is 112 Å². The number of hydrogen-bond acceptors (Lipinski definition) is 7. The van der Waals surface area contributed by atoms with Crippen molar-refractivity contribution in [3.05, 3.63) is 168 Å². The van der Waals surface area contributed by atoms with Gasteiger partial charge < -0.3 is 34.2 Å². The molecule has 10 heteroatoms. The molecule has 5 aromatic rings. The van der Waals surface area contributed by atoms with E-state index in [1.165, 1.54) is 0 Å². The summed E-state index contributed by atoms with van der Waals surface area (Å²) >= 11 is 0. The highest BCUT2D eigenvalue weighted by Gasteiger charge is 2.47. The van der Waals surface area contributed by atoms with Gasteiger partial charge in [-0.25, -0.2) is 4.79 Å². The van der Waals surface area contributed by atoms with Crippen molar-refractivity contribution in [1.82, 2.24) is 9.80 Å². The summed E-state index contributed by atoms with van der Waals surface area (Å²) in [5.74, 6) is 0.994. The van der Waals surface area contributed by atoms with Gasteiger partial charge in [0.1, 0.15) is 23.7 Å². The minimum atomic E-state index is -2.17. The van der Waals surface area contributed by atoms with Crippen LogP contribution < -0.4 is 9.26 Å². The number of urea groups is 1. The molecule has 0 bridgehead atoms. The molecular weight excluding hydrogens is 639 g/mol. The van der Waals surface area contributed by atoms with E-state index in [0.717, 1.165) is 22.3 Å². The van der Waals surface area contributed by atoms with Crippen molar-refractivity contribution < 1.29 is 33.7 Å². The van der Waals surface area contributed by atoms with E-state index in [4.69, 9.17) is 13.8 Å². The Morgan fingerprint density at radius 3 is 1.71 bits per heavy atom. The van der Waals surface area contributed by atoms with Crippen LogP contribution in [0.3, 0.4) is 0 Å². The van der Waals surface area contributed by atoms with Crippen LogP contribution in [0.4, 0.5) is 4.79 Å². The molecule has 3 N–H and O–H groups in total. The van der Waals surface area contributed by atoms with Gasteiger partial charge in [0.05, 0.1) is 12.1 Å². The molecule has 2 unspecified atom stereocenters. The second-order valence-electron chi connectivity index (χ2n) is 11.8. The highest BCUT2D eigenvalue weighted by molar-refractivity contribution is 7.41. The number of para-hydroxylation sites is 1. The van der Waals surface area contributed by atoms with Gasteiger partial charge in [0, 0.05) is 13.1 Å². The minimum Gasteiger partial charge on any atom is -0.467 e. The maximum Gasteiger partial charge on any atom is 0.397 e. The van der Waals surface area contributed by atoms with E-state index in [1.807, 2.05) is 109 Å². The number of amides is 2. The fraction of sp³-hybridized carbons (Fsp3) is 0.205. The van der Waals surface area contributed by atoms with Crippen molar-refractivity contribution in [3.8, 4) is 11.5 Å². The van der Waals surface area contributed by atoms with Crippen LogP contribution in [0.15, 0.2) is 146 Å². The second kappa shape index (κ2) is 16.6. The lowest BCUT2D eigenvalue weighted by Gasteiger charge is -2.36. The maximum absolute atomic E-state index is 14.7. The molecule has 6 rings (SSSR count). The van der Waals surface area contributed by atoms with E-state index < -0.39 is 32.9 Å². The first-order valence-corrected chi connectivity index (χ1v) is 17.2. The molecule has 1 saturated heterocycles. The number of ether oxygens (including phenoxy) is 1. The second-order valence-corrected chi connectivity index (χ2v) is 12.7. The van der Waals surface area contributed by atoms with Gasteiger partial charge in [-0.3, -0.25) is 4.52 Å². The first kappa shape index (κ1) is 34.1. The van der Waals surface area contributed by atoms with Gasteiger partial charge in [-0.2, -0.15) is 0 Å². The molecule has 0 saturated carbocycles. The Hall–Kier alpha value is -4.76. The SMILES string of the molecule is O=C1N(Cc2ccccc2)C(c2ccccc2)[C@H](O)[C@@H](O)[C@@H](Cc2ccc(OCOP(O)Oc3ccccc3)cc2)N1Cc1ccccc1. The Morgan fingerprint density at radius 2 is 1.12 bits per heavy atom. The molecule has 252 valence electrons. The van der Waals surface area contributed by atoms with Gasteiger partial charge in [0.2, 0.25) is 0 Å². The Bertz CT molecular complexity index is 1730. The molecule has 0 radical (unpaired) electrons. The Labute approximate surface area is 287 Å². The summed E-state index contributed by atoms with van der Waals surface area (Å²) in [6.45, 7) is 0.273. The van der Waals surface area contributed by atoms with Crippen LogP contribution in [0.2, 0.25) is 0 Å². The van der Waals surface area contributed by atoms with Crippen LogP contribution in [0, 0.1) is 0 Å². The van der Waals surface area contributed by atoms with Gasteiger partial charge in [-0.05, 0) is 52.9 Å². The molecule has 9 nitrogen and oxygen atoms in total. The zero-order valence-corrected chi connectivity index (χ0v) is 27.7. The Balaban J connectivity index is 1.23. The van der Waals surface area contributed by atoms with Crippen LogP contribution >= 0.6 is 8.60 Å². The van der Waals surface area contributed by atoms with Crippen molar-refractivity contribution in [1.29, 1.82) is 0 Å². The first-order chi connectivity index (χ1) is 24.0. The normalized spacial score (nSPS) is 20.0. The summed E-state index contributed by atoms with van der Waals surface area (Å²) in [5.41, 5.74) is 3.39. The fourth-order valence-corrected chi connectivity index (χ4v) is 6.58. The molecule has 1 aliphatic heterocycles. The van der Waals surface area contributed by atoms with Crippen molar-refractivity contribution in [2.75, 3.05) is 6.79 Å². The molecule has 0 spiro atoms. The summed E-state index contributed by atoms with van der Waals surface area (Å²) in [7, 11) is -2.17. The van der Waals surface area contributed by atoms with Crippen LogP contribution in [-0.2, 0) is 24.0 Å². The molecular formula is C39H39N2O7P. The van der Waals surface area contributed by atoms with Crippen molar-refractivity contribution in [3.63, 3.8) is 0 Å². The Morgan fingerprint density at radius 1 is 0.592 bits per heavy atom. The summed E-state index contributed by atoms with van der Waals surface area (Å²) in [5, 5.41) is 23.9. The van der Waals surface area contributed by atoms with Crippen LogP contribution in [0.25, 0.3) is 0 Å². The monoisotopic (exact) mass is 678 g/mol. The van der Waals surface area contributed by atoms with Crippen LogP contribution in [-0.4, -0.2) is 56.0 Å². The van der Waals surface area contributed by atoms with Gasteiger partial charge in [0.15, 0.2) is 6.79 Å². The number of rotatable bonds is 13. The minimum absolute atomic E-state index is 0.223. The van der Waals surface area contributed by atoms with Gasteiger partial charge in [-0.1, -0.05) is 121 Å². The maximum atomic E-state index is 14.7. The zero-order valence-electron chi connectivity index (χ0n) is 26.8. The average Bonchev–Trinajstić information content (AvgIpc) is 3.20. The quantitative estimate of drug-likeness (QED) is 0.0923. The highest BCUT2D eigenvalue weighted by Crippen LogP contribution is 2.37. The summed E-state index contributed by atoms with van der Waals surface area (Å²) in [4.78, 5) is 28.2. The summed E-state index contributed by atoms with van der Waals surface area (Å²) in [6, 6.07) is 43.0. The average molecular weight is 679 g/mol. The molecule has 5 aromatic carbocycles. The lowest BCUT2D eigenvalue weighted by atomic mass is 9.90. The van der Waals surface area contributed by atoms with Gasteiger partial charge in [0.25, 0.3) is 0 Å². The van der Waals surface area contributed by atoms with Crippen LogP contribution in [0.1, 0.15) is 28.3 Å². The summed E-state index contributed by atoms with van der Waals surface area (Å²) < 4.78 is 16.3. The van der Waals surface area contributed by atoms with Gasteiger partial charge >= 0.3 is 14.6 Å². The first-order valence-electron chi connectivity index (χ1n) is 16.1. The zero-order chi connectivity index (χ0) is 34.0. The molecule has 1 aliphatic rings. The molecule has 1 heterocycles. The van der Waals surface area contributed by atoms with Crippen molar-refractivity contribution in [2.24, 2.45) is 0 Å².